The van der Waals surface area contributed by atoms with Crippen molar-refractivity contribution in [3.05, 3.63) is 50.9 Å². The van der Waals surface area contributed by atoms with Crippen LogP contribution >= 0.6 is 23.8 Å². The van der Waals surface area contributed by atoms with Crippen LogP contribution in [0.25, 0.3) is 11.5 Å². The van der Waals surface area contributed by atoms with Gasteiger partial charge in [-0.3, -0.25) is 5.10 Å². The first kappa shape index (κ1) is 14.3. The normalized spacial score (nSPS) is 13.8. The summed E-state index contributed by atoms with van der Waals surface area (Å²) in [5.41, 5.74) is 4.14. The number of nitrogens with one attached hydrogen (secondary N) is 2. The average molecular weight is 345 g/mol. The van der Waals surface area contributed by atoms with Crippen molar-refractivity contribution in [2.45, 2.75) is 19.3 Å². The summed E-state index contributed by atoms with van der Waals surface area (Å²) in [4.78, 5) is 0. The molecular formula is C15H13ClN6S. The van der Waals surface area contributed by atoms with Gasteiger partial charge in [-0.2, -0.15) is 20.0 Å². The number of nitrogens with zero attached hydrogens (tertiary/aromatic N) is 4. The highest BCUT2D eigenvalue weighted by Gasteiger charge is 2.23. The van der Waals surface area contributed by atoms with Crippen LogP contribution in [0.1, 0.15) is 23.2 Å². The van der Waals surface area contributed by atoms with Crippen LogP contribution in [0.4, 0.5) is 0 Å². The molecule has 1 aromatic carbocycles. The molecule has 2 aromatic heterocycles. The Balaban J connectivity index is 1.73. The van der Waals surface area contributed by atoms with Gasteiger partial charge in [-0.1, -0.05) is 23.7 Å². The van der Waals surface area contributed by atoms with Gasteiger partial charge in [0.25, 0.3) is 0 Å². The molecule has 116 valence electrons. The summed E-state index contributed by atoms with van der Waals surface area (Å²) < 4.78 is 2.03. The molecule has 4 rings (SSSR count). The molecule has 2 N–H and O–H groups in total. The Kier molecular flexibility index (Phi) is 3.59. The standard InChI is InChI=1S/C15H13ClN6S/c16-10-6-4-9(5-7-10)8-17-22-14(20-21-15(22)23)13-11-2-1-3-12(11)18-19-13/h4-8H,1-3H2,(H,18,19)(H,21,23)/b17-8+. The number of fused-ring (bicyclic) bond motifs is 1. The van der Waals surface area contributed by atoms with Crippen molar-refractivity contribution in [1.29, 1.82) is 0 Å². The minimum Gasteiger partial charge on any atom is -0.282 e. The quantitative estimate of drug-likeness (QED) is 0.565. The van der Waals surface area contributed by atoms with Gasteiger partial charge in [-0.05, 0) is 49.2 Å². The number of hydrogen-bond acceptors (Lipinski definition) is 4. The van der Waals surface area contributed by atoms with Crippen LogP contribution in [0.3, 0.4) is 0 Å². The molecule has 1 aliphatic rings. The smallest absolute Gasteiger partial charge is 0.216 e. The Labute approximate surface area is 142 Å². The molecule has 0 unspecified atom stereocenters. The van der Waals surface area contributed by atoms with Crippen LogP contribution in [0, 0.1) is 4.77 Å². The third-order valence-electron chi connectivity index (χ3n) is 3.86. The van der Waals surface area contributed by atoms with Crippen LogP contribution in [0.2, 0.25) is 5.02 Å². The second-order valence-electron chi connectivity index (χ2n) is 5.34. The van der Waals surface area contributed by atoms with Gasteiger partial charge in [0.2, 0.25) is 10.6 Å². The first-order valence-electron chi connectivity index (χ1n) is 7.26. The van der Waals surface area contributed by atoms with Crippen molar-refractivity contribution >= 4 is 30.0 Å². The second-order valence-corrected chi connectivity index (χ2v) is 6.17. The first-order valence-corrected chi connectivity index (χ1v) is 8.05. The zero-order valence-corrected chi connectivity index (χ0v) is 13.7. The number of H-pyrrole nitrogens is 2. The molecule has 3 aromatic rings. The molecule has 0 saturated carbocycles. The molecule has 0 spiro atoms. The van der Waals surface area contributed by atoms with Gasteiger partial charge < -0.3 is 0 Å². The van der Waals surface area contributed by atoms with Crippen LogP contribution in [0.5, 0.6) is 0 Å². The van der Waals surface area contributed by atoms with Crippen molar-refractivity contribution in [2.24, 2.45) is 5.10 Å². The van der Waals surface area contributed by atoms with Crippen molar-refractivity contribution in [2.75, 3.05) is 0 Å². The predicted octanol–water partition coefficient (Wildman–Crippen LogP) is 3.36. The molecule has 8 heteroatoms. The van der Waals surface area contributed by atoms with Gasteiger partial charge in [0.1, 0.15) is 5.69 Å². The van der Waals surface area contributed by atoms with Crippen molar-refractivity contribution in [1.82, 2.24) is 25.1 Å². The molecule has 0 radical (unpaired) electrons. The predicted molar refractivity (Wildman–Crippen MR) is 91.5 cm³/mol. The lowest BCUT2D eigenvalue weighted by molar-refractivity contribution is 0.844. The topological polar surface area (TPSA) is 74.7 Å². The van der Waals surface area contributed by atoms with E-state index in [2.05, 4.69) is 25.5 Å². The number of rotatable bonds is 3. The third-order valence-corrected chi connectivity index (χ3v) is 4.38. The van der Waals surface area contributed by atoms with Gasteiger partial charge in [0, 0.05) is 16.3 Å². The fourth-order valence-electron chi connectivity index (χ4n) is 2.73. The van der Waals surface area contributed by atoms with E-state index in [0.29, 0.717) is 15.6 Å². The maximum atomic E-state index is 5.89. The van der Waals surface area contributed by atoms with Gasteiger partial charge in [-0.25, -0.2) is 5.10 Å². The molecule has 0 fully saturated rings. The van der Waals surface area contributed by atoms with Gasteiger partial charge in [-0.15, -0.1) is 0 Å². The average Bonchev–Trinajstić information content (AvgIpc) is 3.23. The van der Waals surface area contributed by atoms with Gasteiger partial charge in [0.15, 0.2) is 0 Å². The van der Waals surface area contributed by atoms with Crippen molar-refractivity contribution in [3.63, 3.8) is 0 Å². The second kappa shape index (κ2) is 5.75. The molecule has 2 heterocycles. The molecule has 6 nitrogen and oxygen atoms in total. The van der Waals surface area contributed by atoms with Crippen LogP contribution in [-0.4, -0.2) is 31.3 Å². The van der Waals surface area contributed by atoms with E-state index >= 15 is 0 Å². The summed E-state index contributed by atoms with van der Waals surface area (Å²) >= 11 is 11.2. The highest BCUT2D eigenvalue weighted by Crippen LogP contribution is 2.29. The Bertz CT molecular complexity index is 934. The number of halogens is 1. The number of aromatic amines is 2. The summed E-state index contributed by atoms with van der Waals surface area (Å²) in [5, 5.41) is 19.7. The Morgan fingerprint density at radius 1 is 1.17 bits per heavy atom. The largest absolute Gasteiger partial charge is 0.282 e. The molecule has 1 aliphatic carbocycles. The monoisotopic (exact) mass is 344 g/mol. The van der Waals surface area contributed by atoms with E-state index in [-0.39, 0.29) is 0 Å². The Morgan fingerprint density at radius 2 is 2.00 bits per heavy atom. The number of aryl methyl sites for hydroxylation is 1. The van der Waals surface area contributed by atoms with Crippen molar-refractivity contribution < 1.29 is 0 Å². The molecule has 0 amide bonds. The molecule has 0 aliphatic heterocycles. The summed E-state index contributed by atoms with van der Waals surface area (Å²) in [6, 6.07) is 7.42. The lowest BCUT2D eigenvalue weighted by Crippen LogP contribution is -1.97. The van der Waals surface area contributed by atoms with E-state index in [9.17, 15) is 0 Å². The van der Waals surface area contributed by atoms with Crippen LogP contribution in [0.15, 0.2) is 29.4 Å². The number of benzene rings is 1. The maximum absolute atomic E-state index is 5.89. The number of hydrogen-bond donors (Lipinski definition) is 2. The summed E-state index contributed by atoms with van der Waals surface area (Å²) in [6.07, 6.45) is 4.89. The fraction of sp³-hybridized carbons (Fsp3) is 0.200. The third kappa shape index (κ3) is 2.62. The lowest BCUT2D eigenvalue weighted by atomic mass is 10.2. The lowest BCUT2D eigenvalue weighted by Gasteiger charge is -2.00. The van der Waals surface area contributed by atoms with Crippen LogP contribution in [-0.2, 0) is 12.8 Å². The summed E-state index contributed by atoms with van der Waals surface area (Å²) in [6.45, 7) is 0. The Hall–Kier alpha value is -2.25. The Morgan fingerprint density at radius 3 is 2.83 bits per heavy atom. The summed E-state index contributed by atoms with van der Waals surface area (Å²) in [7, 11) is 0. The van der Waals surface area contributed by atoms with E-state index in [1.807, 2.05) is 24.3 Å². The minimum absolute atomic E-state index is 0.431. The minimum atomic E-state index is 0.431. The van der Waals surface area contributed by atoms with Gasteiger partial charge >= 0.3 is 0 Å². The highest BCUT2D eigenvalue weighted by molar-refractivity contribution is 7.71. The summed E-state index contributed by atoms with van der Waals surface area (Å²) in [5.74, 6) is 0.625. The van der Waals surface area contributed by atoms with E-state index in [0.717, 1.165) is 30.5 Å². The molecular weight excluding hydrogens is 332 g/mol. The SMILES string of the molecule is S=c1[nH]nc(-c2n[nH]c3c2CCC3)n1/N=C/c1ccc(Cl)cc1. The van der Waals surface area contributed by atoms with E-state index in [1.165, 1.54) is 11.3 Å². The van der Waals surface area contributed by atoms with Gasteiger partial charge in [0.05, 0.1) is 6.21 Å². The maximum Gasteiger partial charge on any atom is 0.216 e. The van der Waals surface area contributed by atoms with E-state index in [4.69, 9.17) is 23.8 Å². The fourth-order valence-corrected chi connectivity index (χ4v) is 3.03. The molecule has 23 heavy (non-hydrogen) atoms. The zero-order valence-electron chi connectivity index (χ0n) is 12.1. The molecule has 0 bridgehead atoms. The van der Waals surface area contributed by atoms with E-state index in [1.54, 1.807) is 10.9 Å². The zero-order chi connectivity index (χ0) is 15.8. The molecule has 0 saturated heterocycles. The van der Waals surface area contributed by atoms with E-state index < -0.39 is 0 Å². The van der Waals surface area contributed by atoms with Crippen molar-refractivity contribution in [3.8, 4) is 11.5 Å². The van der Waals surface area contributed by atoms with Crippen LogP contribution < -0.4 is 0 Å². The molecule has 0 atom stereocenters. The highest BCUT2D eigenvalue weighted by atomic mass is 35.5. The first-order chi connectivity index (χ1) is 11.2. The number of aromatic nitrogens is 5.